The number of nitrogens with zero attached hydrogens (tertiary/aromatic N) is 3. The van der Waals surface area contributed by atoms with E-state index in [9.17, 15) is 0 Å². The van der Waals surface area contributed by atoms with Crippen LogP contribution >= 0.6 is 22.7 Å². The predicted molar refractivity (Wildman–Crippen MR) is 240 cm³/mol. The maximum atomic E-state index is 6.37. The van der Waals surface area contributed by atoms with Gasteiger partial charge in [0.05, 0.1) is 0 Å². The molecule has 0 aliphatic carbocycles. The van der Waals surface area contributed by atoms with Gasteiger partial charge in [-0.05, 0) is 65.2 Å². The zero-order valence-electron chi connectivity index (χ0n) is 30.3. The lowest BCUT2D eigenvalue weighted by atomic mass is 9.95. The minimum absolute atomic E-state index is 0.657. The van der Waals surface area contributed by atoms with Gasteiger partial charge in [-0.1, -0.05) is 127 Å². The topological polar surface area (TPSA) is 51.8 Å². The lowest BCUT2D eigenvalue weighted by Crippen LogP contribution is -2.00. The van der Waals surface area contributed by atoms with Crippen LogP contribution in [0.1, 0.15) is 0 Å². The summed E-state index contributed by atoms with van der Waals surface area (Å²) in [6.07, 6.45) is 0. The molecule has 0 fully saturated rings. The highest BCUT2D eigenvalue weighted by Gasteiger charge is 2.19. The summed E-state index contributed by atoms with van der Waals surface area (Å²) in [5, 5.41) is 7.17. The van der Waals surface area contributed by atoms with Crippen LogP contribution in [0.15, 0.2) is 180 Å². The van der Waals surface area contributed by atoms with Crippen molar-refractivity contribution in [2.24, 2.45) is 0 Å². The molecule has 0 saturated carbocycles. The Hall–Kier alpha value is -6.99. The first-order valence-electron chi connectivity index (χ1n) is 18.9. The fraction of sp³-hybridized carbons (Fsp3) is 0. The Morgan fingerprint density at radius 2 is 0.982 bits per heavy atom. The maximum Gasteiger partial charge on any atom is 0.164 e. The minimum atomic E-state index is 0.657. The van der Waals surface area contributed by atoms with Crippen LogP contribution in [0.2, 0.25) is 0 Å². The number of para-hydroxylation sites is 1. The first kappa shape index (κ1) is 32.3. The van der Waals surface area contributed by atoms with Gasteiger partial charge in [0.25, 0.3) is 0 Å². The molecule has 0 saturated heterocycles. The Balaban J connectivity index is 1.03. The monoisotopic (exact) mass is 763 g/mol. The standard InChI is InChI=1S/C51H29N3OS2/c1-3-12-30(13-4-1)49-52-50(31-14-5-2-6-15-31)54-51(53-49)39-18-11-21-45-47(39)38-25-22-32(29-46(38)56-45)34-26-40(48-41(27-34)37-17-8-10-20-44(37)57-48)33-23-24-36-35-16-7-9-19-42(35)55-43(36)28-33/h1-29H. The van der Waals surface area contributed by atoms with E-state index in [1.807, 2.05) is 71.2 Å². The Labute approximate surface area is 335 Å². The first-order chi connectivity index (χ1) is 28.2. The molecule has 0 bridgehead atoms. The van der Waals surface area contributed by atoms with E-state index in [2.05, 4.69) is 127 Å². The Morgan fingerprint density at radius 3 is 1.79 bits per heavy atom. The Kier molecular flexibility index (Phi) is 7.24. The fourth-order valence-electron chi connectivity index (χ4n) is 8.22. The zero-order valence-corrected chi connectivity index (χ0v) is 31.9. The highest BCUT2D eigenvalue weighted by atomic mass is 32.1. The van der Waals surface area contributed by atoms with Crippen molar-refractivity contribution in [3.8, 4) is 56.4 Å². The second-order valence-electron chi connectivity index (χ2n) is 14.3. The van der Waals surface area contributed by atoms with Crippen LogP contribution in [-0.2, 0) is 0 Å². The lowest BCUT2D eigenvalue weighted by molar-refractivity contribution is 0.669. The highest BCUT2D eigenvalue weighted by Crippen LogP contribution is 2.46. The van der Waals surface area contributed by atoms with Gasteiger partial charge in [-0.25, -0.2) is 15.0 Å². The van der Waals surface area contributed by atoms with Crippen LogP contribution in [0, 0.1) is 0 Å². The van der Waals surface area contributed by atoms with E-state index in [1.54, 1.807) is 0 Å². The summed E-state index contributed by atoms with van der Waals surface area (Å²) in [6.45, 7) is 0. The zero-order chi connectivity index (χ0) is 37.5. The Bertz CT molecular complexity index is 3470. The average molecular weight is 764 g/mol. The van der Waals surface area contributed by atoms with E-state index < -0.39 is 0 Å². The van der Waals surface area contributed by atoms with Gasteiger partial charge >= 0.3 is 0 Å². The van der Waals surface area contributed by atoms with Crippen LogP contribution in [0.4, 0.5) is 0 Å². The maximum absolute atomic E-state index is 6.37. The number of hydrogen-bond donors (Lipinski definition) is 0. The number of thiophene rings is 2. The smallest absolute Gasteiger partial charge is 0.164 e. The van der Waals surface area contributed by atoms with Crippen LogP contribution in [-0.4, -0.2) is 15.0 Å². The summed E-state index contributed by atoms with van der Waals surface area (Å²) in [5.41, 5.74) is 9.44. The number of furan rings is 1. The summed E-state index contributed by atoms with van der Waals surface area (Å²) >= 11 is 3.67. The van der Waals surface area contributed by atoms with E-state index in [0.717, 1.165) is 49.6 Å². The van der Waals surface area contributed by atoms with E-state index >= 15 is 0 Å². The second-order valence-corrected chi connectivity index (χ2v) is 16.5. The normalized spacial score (nSPS) is 11.9. The van der Waals surface area contributed by atoms with Gasteiger partial charge in [-0.3, -0.25) is 0 Å². The third kappa shape index (κ3) is 5.30. The molecule has 57 heavy (non-hydrogen) atoms. The predicted octanol–water partition coefficient (Wildman–Crippen LogP) is 14.8. The van der Waals surface area contributed by atoms with Gasteiger partial charge < -0.3 is 4.42 Å². The molecule has 0 aliphatic rings. The largest absolute Gasteiger partial charge is 0.456 e. The molecular weight excluding hydrogens is 735 g/mol. The highest BCUT2D eigenvalue weighted by molar-refractivity contribution is 7.26. The molecule has 4 heterocycles. The van der Waals surface area contributed by atoms with Gasteiger partial charge in [0.15, 0.2) is 17.5 Å². The van der Waals surface area contributed by atoms with Crippen LogP contribution in [0.25, 0.3) is 119 Å². The molecular formula is C51H29N3OS2. The number of fused-ring (bicyclic) bond motifs is 9. The molecule has 0 unspecified atom stereocenters. The SMILES string of the molecule is c1ccc(-c2nc(-c3ccccc3)nc(-c3cccc4sc5cc(-c6cc(-c7ccc8c(c7)oc7ccccc78)c7sc8ccccc8c7c6)ccc5c34)n2)cc1. The second kappa shape index (κ2) is 12.8. The van der Waals surface area contributed by atoms with Crippen molar-refractivity contribution in [3.63, 3.8) is 0 Å². The molecule has 6 heteroatoms. The van der Waals surface area contributed by atoms with Crippen LogP contribution < -0.4 is 0 Å². The van der Waals surface area contributed by atoms with Crippen molar-refractivity contribution >= 4 is 85.0 Å². The molecule has 4 nitrogen and oxygen atoms in total. The third-order valence-electron chi connectivity index (χ3n) is 10.9. The lowest BCUT2D eigenvalue weighted by Gasteiger charge is -2.10. The van der Waals surface area contributed by atoms with Crippen LogP contribution in [0.3, 0.4) is 0 Å². The van der Waals surface area contributed by atoms with Crippen molar-refractivity contribution in [2.75, 3.05) is 0 Å². The van der Waals surface area contributed by atoms with Crippen molar-refractivity contribution in [1.29, 1.82) is 0 Å². The first-order valence-corrected chi connectivity index (χ1v) is 20.6. The van der Waals surface area contributed by atoms with Crippen molar-refractivity contribution < 1.29 is 4.42 Å². The minimum Gasteiger partial charge on any atom is -0.456 e. The number of aromatic nitrogens is 3. The van der Waals surface area contributed by atoms with Gasteiger partial charge in [-0.15, -0.1) is 22.7 Å². The van der Waals surface area contributed by atoms with Crippen molar-refractivity contribution in [1.82, 2.24) is 15.0 Å². The molecule has 12 rings (SSSR count). The van der Waals surface area contributed by atoms with E-state index in [-0.39, 0.29) is 0 Å². The molecule has 0 aliphatic heterocycles. The molecule has 0 atom stereocenters. The number of rotatable bonds is 5. The van der Waals surface area contributed by atoms with Crippen molar-refractivity contribution in [3.05, 3.63) is 176 Å². The van der Waals surface area contributed by atoms with Gasteiger partial charge in [-0.2, -0.15) is 0 Å². The number of benzene rings is 8. The van der Waals surface area contributed by atoms with E-state index in [1.165, 1.54) is 51.6 Å². The summed E-state index contributed by atoms with van der Waals surface area (Å²) in [6, 6.07) is 62.1. The van der Waals surface area contributed by atoms with Gasteiger partial charge in [0, 0.05) is 73.4 Å². The van der Waals surface area contributed by atoms with Crippen molar-refractivity contribution in [2.45, 2.75) is 0 Å². The molecule has 266 valence electrons. The van der Waals surface area contributed by atoms with E-state index in [0.29, 0.717) is 17.5 Å². The number of hydrogen-bond acceptors (Lipinski definition) is 6. The van der Waals surface area contributed by atoms with Gasteiger partial charge in [0.2, 0.25) is 0 Å². The molecule has 0 amide bonds. The molecule has 4 aromatic heterocycles. The third-order valence-corrected chi connectivity index (χ3v) is 13.3. The summed E-state index contributed by atoms with van der Waals surface area (Å²) in [7, 11) is 0. The molecule has 0 N–H and O–H groups in total. The fourth-order valence-corrected chi connectivity index (χ4v) is 10.6. The van der Waals surface area contributed by atoms with E-state index in [4.69, 9.17) is 19.4 Å². The quantitative estimate of drug-likeness (QED) is 0.175. The Morgan fingerprint density at radius 1 is 0.333 bits per heavy atom. The van der Waals surface area contributed by atoms with Gasteiger partial charge in [0.1, 0.15) is 11.2 Å². The molecule has 8 aromatic carbocycles. The molecule has 12 aromatic rings. The summed E-state index contributed by atoms with van der Waals surface area (Å²) in [4.78, 5) is 15.1. The summed E-state index contributed by atoms with van der Waals surface area (Å²) < 4.78 is 11.4. The molecule has 0 spiro atoms. The summed E-state index contributed by atoms with van der Waals surface area (Å²) in [5.74, 6) is 1.98. The molecule has 0 radical (unpaired) electrons. The van der Waals surface area contributed by atoms with Crippen LogP contribution in [0.5, 0.6) is 0 Å². The average Bonchev–Trinajstić information content (AvgIpc) is 3.97.